The highest BCUT2D eigenvalue weighted by Gasteiger charge is 1.98. The number of carbonyl (C=O) groups is 1. The maximum absolute atomic E-state index is 10.7. The van der Waals surface area contributed by atoms with Crippen molar-refractivity contribution in [2.24, 2.45) is 5.73 Å². The second kappa shape index (κ2) is 34.5. The predicted molar refractivity (Wildman–Crippen MR) is 172 cm³/mol. The lowest BCUT2D eigenvalue weighted by atomic mass is 10.0. The SMILES string of the molecule is CCCCCCCCCCCCCCCCCCCCCCCCCCCCCCCCCCCC(N)=O. The highest BCUT2D eigenvalue weighted by atomic mass is 16.1. The molecule has 0 bridgehead atoms. The maximum atomic E-state index is 10.7. The maximum Gasteiger partial charge on any atom is 0.217 e. The van der Waals surface area contributed by atoms with Gasteiger partial charge in [-0.25, -0.2) is 0 Å². The molecule has 0 atom stereocenters. The van der Waals surface area contributed by atoms with E-state index in [0.717, 1.165) is 6.42 Å². The normalized spacial score (nSPS) is 11.4. The van der Waals surface area contributed by atoms with Crippen LogP contribution < -0.4 is 5.73 Å². The van der Waals surface area contributed by atoms with Gasteiger partial charge in [0.15, 0.2) is 0 Å². The molecule has 0 heterocycles. The average Bonchev–Trinajstić information content (AvgIpc) is 2.91. The predicted octanol–water partition coefficient (Wildman–Crippen LogP) is 12.8. The zero-order valence-corrected chi connectivity index (χ0v) is 26.5. The summed E-state index contributed by atoms with van der Waals surface area (Å²) >= 11 is 0. The Morgan fingerprint density at radius 1 is 0.316 bits per heavy atom. The summed E-state index contributed by atoms with van der Waals surface area (Å²) < 4.78 is 0. The molecule has 0 rings (SSSR count). The highest BCUT2D eigenvalue weighted by Crippen LogP contribution is 2.17. The van der Waals surface area contributed by atoms with Crippen LogP contribution in [-0.4, -0.2) is 5.91 Å². The van der Waals surface area contributed by atoms with Gasteiger partial charge in [-0.15, -0.1) is 0 Å². The minimum atomic E-state index is -0.147. The van der Waals surface area contributed by atoms with Crippen molar-refractivity contribution >= 4 is 5.91 Å². The van der Waals surface area contributed by atoms with Gasteiger partial charge in [-0.1, -0.05) is 212 Å². The van der Waals surface area contributed by atoms with E-state index in [4.69, 9.17) is 5.73 Å². The van der Waals surface area contributed by atoms with Crippen LogP contribution in [0.4, 0.5) is 0 Å². The minimum absolute atomic E-state index is 0.147. The van der Waals surface area contributed by atoms with Crippen LogP contribution in [0.5, 0.6) is 0 Å². The summed E-state index contributed by atoms with van der Waals surface area (Å²) in [6, 6.07) is 0. The molecule has 0 aliphatic rings. The van der Waals surface area contributed by atoms with Gasteiger partial charge in [0.05, 0.1) is 0 Å². The lowest BCUT2D eigenvalue weighted by Gasteiger charge is -2.05. The molecule has 2 nitrogen and oxygen atoms in total. The molecule has 0 aliphatic carbocycles. The number of hydrogen-bond donors (Lipinski definition) is 1. The van der Waals surface area contributed by atoms with E-state index in [-0.39, 0.29) is 5.91 Å². The number of unbranched alkanes of at least 4 members (excludes halogenated alkanes) is 32. The van der Waals surface area contributed by atoms with E-state index in [9.17, 15) is 4.79 Å². The fourth-order valence-electron chi connectivity index (χ4n) is 5.85. The smallest absolute Gasteiger partial charge is 0.217 e. The Morgan fingerprint density at radius 3 is 0.632 bits per heavy atom. The summed E-state index contributed by atoms with van der Waals surface area (Å²) in [5.74, 6) is -0.147. The van der Waals surface area contributed by atoms with Crippen LogP contribution in [0.25, 0.3) is 0 Å². The summed E-state index contributed by atoms with van der Waals surface area (Å²) in [5, 5.41) is 0. The molecule has 0 saturated carbocycles. The Labute approximate surface area is 241 Å². The molecule has 0 radical (unpaired) electrons. The Hall–Kier alpha value is -0.530. The number of hydrogen-bond acceptors (Lipinski definition) is 1. The van der Waals surface area contributed by atoms with E-state index in [2.05, 4.69) is 6.92 Å². The monoisotopic (exact) mass is 536 g/mol. The minimum Gasteiger partial charge on any atom is -0.370 e. The van der Waals surface area contributed by atoms with E-state index in [1.54, 1.807) is 0 Å². The summed E-state index contributed by atoms with van der Waals surface area (Å²) in [6.07, 6.45) is 47.6. The zero-order valence-electron chi connectivity index (χ0n) is 26.5. The number of amides is 1. The van der Waals surface area contributed by atoms with Gasteiger partial charge >= 0.3 is 0 Å². The molecule has 2 heteroatoms. The van der Waals surface area contributed by atoms with Crippen LogP contribution >= 0.6 is 0 Å². The molecule has 2 N–H and O–H groups in total. The number of primary amides is 1. The summed E-state index contributed by atoms with van der Waals surface area (Å²) in [4.78, 5) is 10.7. The Bertz CT molecular complexity index is 435. The van der Waals surface area contributed by atoms with E-state index >= 15 is 0 Å². The average molecular weight is 536 g/mol. The number of carbonyl (C=O) groups excluding carboxylic acids is 1. The molecule has 0 aromatic rings. The third kappa shape index (κ3) is 35.5. The summed E-state index contributed by atoms with van der Waals surface area (Å²) in [7, 11) is 0. The van der Waals surface area contributed by atoms with Crippen molar-refractivity contribution in [3.8, 4) is 0 Å². The second-order valence-electron chi connectivity index (χ2n) is 12.5. The van der Waals surface area contributed by atoms with Gasteiger partial charge in [-0.3, -0.25) is 4.79 Å². The number of nitrogens with two attached hydrogens (primary N) is 1. The molecule has 1 amide bonds. The van der Waals surface area contributed by atoms with Gasteiger partial charge in [-0.2, -0.15) is 0 Å². The Balaban J connectivity index is 3.02. The van der Waals surface area contributed by atoms with Crippen molar-refractivity contribution in [3.63, 3.8) is 0 Å². The largest absolute Gasteiger partial charge is 0.370 e. The van der Waals surface area contributed by atoms with Crippen LogP contribution in [0.3, 0.4) is 0 Å². The molecule has 0 aliphatic heterocycles. The summed E-state index contributed by atoms with van der Waals surface area (Å²) in [5.41, 5.74) is 5.17. The van der Waals surface area contributed by atoms with E-state index in [1.807, 2.05) is 0 Å². The van der Waals surface area contributed by atoms with Crippen molar-refractivity contribution in [3.05, 3.63) is 0 Å². The highest BCUT2D eigenvalue weighted by molar-refractivity contribution is 5.73. The third-order valence-corrected chi connectivity index (χ3v) is 8.53. The van der Waals surface area contributed by atoms with Crippen LogP contribution in [0.15, 0.2) is 0 Å². The van der Waals surface area contributed by atoms with Crippen LogP contribution in [0.1, 0.15) is 225 Å². The lowest BCUT2D eigenvalue weighted by molar-refractivity contribution is -0.118. The molecule has 0 unspecified atom stereocenters. The summed E-state index contributed by atoms with van der Waals surface area (Å²) in [6.45, 7) is 2.30. The van der Waals surface area contributed by atoms with Crippen LogP contribution in [-0.2, 0) is 4.79 Å². The zero-order chi connectivity index (χ0) is 27.6. The van der Waals surface area contributed by atoms with E-state index < -0.39 is 0 Å². The third-order valence-electron chi connectivity index (χ3n) is 8.53. The molecule has 38 heavy (non-hydrogen) atoms. The first kappa shape index (κ1) is 37.5. The molecular formula is C36H73NO. The topological polar surface area (TPSA) is 43.1 Å². The fraction of sp³-hybridized carbons (Fsp3) is 0.972. The van der Waals surface area contributed by atoms with Crippen molar-refractivity contribution < 1.29 is 4.79 Å². The fourth-order valence-corrected chi connectivity index (χ4v) is 5.85. The van der Waals surface area contributed by atoms with E-state index in [0.29, 0.717) is 6.42 Å². The Morgan fingerprint density at radius 2 is 0.474 bits per heavy atom. The van der Waals surface area contributed by atoms with Crippen molar-refractivity contribution in [1.29, 1.82) is 0 Å². The quantitative estimate of drug-likeness (QED) is 0.0818. The number of rotatable bonds is 34. The molecule has 228 valence electrons. The van der Waals surface area contributed by atoms with E-state index in [1.165, 1.54) is 205 Å². The lowest BCUT2D eigenvalue weighted by Crippen LogP contribution is -2.09. The van der Waals surface area contributed by atoms with Crippen LogP contribution in [0, 0.1) is 0 Å². The van der Waals surface area contributed by atoms with Gasteiger partial charge in [0.2, 0.25) is 5.91 Å². The first-order chi connectivity index (χ1) is 18.8. The van der Waals surface area contributed by atoms with Gasteiger partial charge in [0.1, 0.15) is 0 Å². The molecular weight excluding hydrogens is 462 g/mol. The second-order valence-corrected chi connectivity index (χ2v) is 12.5. The standard InChI is InChI=1S/C36H73NO/c1-2-3-4-5-6-7-8-9-10-11-12-13-14-15-16-17-18-19-20-21-22-23-24-25-26-27-28-29-30-31-32-33-34-35-36(37)38/h2-35H2,1H3,(H2,37,38). The molecule has 0 saturated heterocycles. The van der Waals surface area contributed by atoms with Gasteiger partial charge in [0.25, 0.3) is 0 Å². The van der Waals surface area contributed by atoms with Crippen molar-refractivity contribution in [2.45, 2.75) is 225 Å². The molecule has 0 fully saturated rings. The van der Waals surface area contributed by atoms with Gasteiger partial charge < -0.3 is 5.73 Å². The van der Waals surface area contributed by atoms with Gasteiger partial charge in [-0.05, 0) is 6.42 Å². The van der Waals surface area contributed by atoms with Crippen LogP contribution in [0.2, 0.25) is 0 Å². The molecule has 0 aromatic heterocycles. The van der Waals surface area contributed by atoms with Gasteiger partial charge in [0, 0.05) is 6.42 Å². The molecule has 0 aromatic carbocycles. The Kier molecular flexibility index (Phi) is 34.0. The van der Waals surface area contributed by atoms with Crippen molar-refractivity contribution in [1.82, 2.24) is 0 Å². The van der Waals surface area contributed by atoms with Crippen molar-refractivity contribution in [2.75, 3.05) is 0 Å². The first-order valence-electron chi connectivity index (χ1n) is 18.1. The first-order valence-corrected chi connectivity index (χ1v) is 18.1. The molecule has 0 spiro atoms.